The maximum absolute atomic E-state index is 13.1. The van der Waals surface area contributed by atoms with Crippen molar-refractivity contribution in [2.75, 3.05) is 5.32 Å². The molecule has 0 aliphatic rings. The number of hydrogen-bond acceptors (Lipinski definition) is 6. The van der Waals surface area contributed by atoms with E-state index >= 15 is 0 Å². The third kappa shape index (κ3) is 5.89. The zero-order valence-electron chi connectivity index (χ0n) is 18.8. The Morgan fingerprint density at radius 2 is 1.76 bits per heavy atom. The highest BCUT2D eigenvalue weighted by Crippen LogP contribution is 2.34. The molecule has 6 nitrogen and oxygen atoms in total. The van der Waals surface area contributed by atoms with Crippen LogP contribution in [0.4, 0.5) is 5.69 Å². The number of thioether (sulfide) groups is 1. The van der Waals surface area contributed by atoms with Gasteiger partial charge in [-0.05, 0) is 43.3 Å². The fraction of sp³-hybridized carbons (Fsp3) is 0.240. The van der Waals surface area contributed by atoms with Gasteiger partial charge in [0.25, 0.3) is 0 Å². The lowest BCUT2D eigenvalue weighted by Crippen LogP contribution is -2.23. The van der Waals surface area contributed by atoms with Crippen LogP contribution in [-0.2, 0) is 11.3 Å². The van der Waals surface area contributed by atoms with Crippen molar-refractivity contribution in [2.45, 2.75) is 53.4 Å². The topological polar surface area (TPSA) is 73.0 Å². The van der Waals surface area contributed by atoms with Crippen molar-refractivity contribution in [3.8, 4) is 0 Å². The molecule has 8 heteroatoms. The monoisotopic (exact) mass is 478 g/mol. The summed E-state index contributed by atoms with van der Waals surface area (Å²) in [7, 11) is 0. The molecule has 1 N–H and O–H groups in total. The predicted octanol–water partition coefficient (Wildman–Crippen LogP) is 6.31. The lowest BCUT2D eigenvalue weighted by molar-refractivity contribution is -0.115. The lowest BCUT2D eigenvalue weighted by atomic mass is 10.2. The SMILES string of the molecule is CC(Sc1nnc(C(C)C)n1Cc1ccco1)C(=O)Nc1ccccc1Sc1ccccc1. The van der Waals surface area contributed by atoms with E-state index in [1.54, 1.807) is 18.0 Å². The quantitative estimate of drug-likeness (QED) is 0.284. The zero-order chi connectivity index (χ0) is 23.2. The van der Waals surface area contributed by atoms with Gasteiger partial charge in [-0.3, -0.25) is 9.36 Å². The third-order valence-electron chi connectivity index (χ3n) is 4.92. The number of nitrogens with one attached hydrogen (secondary N) is 1. The molecule has 0 saturated heterocycles. The van der Waals surface area contributed by atoms with Crippen molar-refractivity contribution in [3.05, 3.63) is 84.6 Å². The summed E-state index contributed by atoms with van der Waals surface area (Å²) >= 11 is 3.02. The molecule has 1 amide bonds. The van der Waals surface area contributed by atoms with Crippen molar-refractivity contribution in [1.82, 2.24) is 14.8 Å². The molecule has 0 fully saturated rings. The van der Waals surface area contributed by atoms with Crippen LogP contribution >= 0.6 is 23.5 Å². The van der Waals surface area contributed by atoms with Crippen molar-refractivity contribution >= 4 is 35.1 Å². The number of amides is 1. The van der Waals surface area contributed by atoms with E-state index in [0.717, 1.165) is 27.1 Å². The molecular weight excluding hydrogens is 452 g/mol. The van der Waals surface area contributed by atoms with Gasteiger partial charge in [0.1, 0.15) is 11.6 Å². The number of anilines is 1. The van der Waals surface area contributed by atoms with Crippen LogP contribution in [-0.4, -0.2) is 25.9 Å². The normalized spacial score (nSPS) is 12.1. The summed E-state index contributed by atoms with van der Waals surface area (Å²) in [4.78, 5) is 15.2. The van der Waals surface area contributed by atoms with Crippen molar-refractivity contribution in [3.63, 3.8) is 0 Å². The minimum absolute atomic E-state index is 0.0836. The van der Waals surface area contributed by atoms with Gasteiger partial charge in [0, 0.05) is 15.7 Å². The van der Waals surface area contributed by atoms with Gasteiger partial charge >= 0.3 is 0 Å². The van der Waals surface area contributed by atoms with E-state index in [9.17, 15) is 4.79 Å². The summed E-state index contributed by atoms with van der Waals surface area (Å²) in [5.41, 5.74) is 0.795. The van der Waals surface area contributed by atoms with Gasteiger partial charge in [-0.15, -0.1) is 10.2 Å². The Bertz CT molecular complexity index is 1190. The number of benzene rings is 2. The van der Waals surface area contributed by atoms with Gasteiger partial charge in [-0.2, -0.15) is 0 Å². The first-order valence-electron chi connectivity index (χ1n) is 10.8. The molecular formula is C25H26N4O2S2. The average Bonchev–Trinajstić information content (AvgIpc) is 3.46. The number of carbonyl (C=O) groups excluding carboxylic acids is 1. The second-order valence-corrected chi connectivity index (χ2v) is 10.2. The fourth-order valence-corrected chi connectivity index (χ4v) is 5.02. The zero-order valence-corrected chi connectivity index (χ0v) is 20.4. The highest BCUT2D eigenvalue weighted by molar-refractivity contribution is 8.00. The molecule has 4 rings (SSSR count). The average molecular weight is 479 g/mol. The Morgan fingerprint density at radius 3 is 2.48 bits per heavy atom. The fourth-order valence-electron chi connectivity index (χ4n) is 3.24. The lowest BCUT2D eigenvalue weighted by Gasteiger charge is -2.15. The molecule has 0 spiro atoms. The Hall–Kier alpha value is -2.97. The first-order chi connectivity index (χ1) is 16.0. The van der Waals surface area contributed by atoms with Crippen LogP contribution in [0.2, 0.25) is 0 Å². The summed E-state index contributed by atoms with van der Waals surface area (Å²) in [6.45, 7) is 6.57. The maximum Gasteiger partial charge on any atom is 0.237 e. The first kappa shape index (κ1) is 23.2. The number of carbonyl (C=O) groups is 1. The molecule has 1 atom stereocenters. The van der Waals surface area contributed by atoms with Gasteiger partial charge in [0.2, 0.25) is 5.91 Å². The Balaban J connectivity index is 1.48. The van der Waals surface area contributed by atoms with E-state index in [-0.39, 0.29) is 17.1 Å². The van der Waals surface area contributed by atoms with E-state index < -0.39 is 0 Å². The van der Waals surface area contributed by atoms with E-state index in [1.165, 1.54) is 11.8 Å². The van der Waals surface area contributed by atoms with Crippen molar-refractivity contribution in [1.29, 1.82) is 0 Å². The number of nitrogens with zero attached hydrogens (tertiary/aromatic N) is 3. The van der Waals surface area contributed by atoms with Gasteiger partial charge in [0.05, 0.1) is 23.7 Å². The standard InChI is InChI=1S/C25H26N4O2S2/c1-17(2)23-27-28-25(29(23)16-19-10-9-15-31-19)32-18(3)24(30)26-21-13-7-8-14-22(21)33-20-11-5-4-6-12-20/h4-15,17-18H,16H2,1-3H3,(H,26,30). The molecule has 2 heterocycles. The second-order valence-electron chi connectivity index (χ2n) is 7.82. The van der Waals surface area contributed by atoms with E-state index in [0.29, 0.717) is 11.7 Å². The minimum Gasteiger partial charge on any atom is -0.467 e. The Labute approximate surface area is 202 Å². The molecule has 33 heavy (non-hydrogen) atoms. The number of para-hydroxylation sites is 1. The van der Waals surface area contributed by atoms with Crippen molar-refractivity contribution < 1.29 is 9.21 Å². The van der Waals surface area contributed by atoms with E-state index in [1.807, 2.05) is 66.1 Å². The van der Waals surface area contributed by atoms with Crippen LogP contribution in [0.3, 0.4) is 0 Å². The summed E-state index contributed by atoms with van der Waals surface area (Å²) in [6, 6.07) is 21.8. The van der Waals surface area contributed by atoms with Crippen LogP contribution in [0.1, 0.15) is 38.3 Å². The van der Waals surface area contributed by atoms with Crippen LogP contribution in [0, 0.1) is 0 Å². The summed E-state index contributed by atoms with van der Waals surface area (Å²) in [5, 5.41) is 12.2. The van der Waals surface area contributed by atoms with Crippen LogP contribution in [0.5, 0.6) is 0 Å². The molecule has 2 aromatic carbocycles. The van der Waals surface area contributed by atoms with Crippen molar-refractivity contribution in [2.24, 2.45) is 0 Å². The molecule has 0 aliphatic carbocycles. The number of hydrogen-bond donors (Lipinski definition) is 1. The van der Waals surface area contributed by atoms with Gasteiger partial charge in [0.15, 0.2) is 5.16 Å². The highest BCUT2D eigenvalue weighted by atomic mass is 32.2. The maximum atomic E-state index is 13.1. The van der Waals surface area contributed by atoms with Crippen LogP contribution < -0.4 is 5.32 Å². The molecule has 0 aliphatic heterocycles. The van der Waals surface area contributed by atoms with Crippen LogP contribution in [0.25, 0.3) is 0 Å². The van der Waals surface area contributed by atoms with Gasteiger partial charge in [-0.25, -0.2) is 0 Å². The molecule has 170 valence electrons. The highest BCUT2D eigenvalue weighted by Gasteiger charge is 2.22. The molecule has 4 aromatic rings. The number of rotatable bonds is 9. The summed E-state index contributed by atoms with van der Waals surface area (Å²) < 4.78 is 7.55. The number of aromatic nitrogens is 3. The van der Waals surface area contributed by atoms with Crippen LogP contribution in [0.15, 0.2) is 92.4 Å². The minimum atomic E-state index is -0.362. The van der Waals surface area contributed by atoms with E-state index in [4.69, 9.17) is 4.42 Å². The summed E-state index contributed by atoms with van der Waals surface area (Å²) in [5.74, 6) is 1.81. The molecule has 0 bridgehead atoms. The largest absolute Gasteiger partial charge is 0.467 e. The smallest absolute Gasteiger partial charge is 0.237 e. The predicted molar refractivity (Wildman–Crippen MR) is 133 cm³/mol. The summed E-state index contributed by atoms with van der Waals surface area (Å²) in [6.07, 6.45) is 1.66. The Kier molecular flexibility index (Phi) is 7.57. The third-order valence-corrected chi connectivity index (χ3v) is 7.09. The van der Waals surface area contributed by atoms with Gasteiger partial charge in [-0.1, -0.05) is 67.7 Å². The molecule has 1 unspecified atom stereocenters. The molecule has 0 radical (unpaired) electrons. The van der Waals surface area contributed by atoms with Gasteiger partial charge < -0.3 is 9.73 Å². The first-order valence-corrected chi connectivity index (χ1v) is 12.5. The molecule has 0 saturated carbocycles. The van der Waals surface area contributed by atoms with E-state index in [2.05, 4.69) is 41.5 Å². The molecule has 2 aromatic heterocycles. The number of furan rings is 1. The Morgan fingerprint density at radius 1 is 1.00 bits per heavy atom. The second kappa shape index (κ2) is 10.8.